The fourth-order valence-corrected chi connectivity index (χ4v) is 8.04. The number of hydrogen-bond donors (Lipinski definition) is 0. The third-order valence-corrected chi connectivity index (χ3v) is 10.5. The van der Waals surface area contributed by atoms with Gasteiger partial charge in [0.1, 0.15) is 0 Å². The number of nitrogens with zero attached hydrogens (tertiary/aromatic N) is 2. The van der Waals surface area contributed by atoms with Gasteiger partial charge in [0.15, 0.2) is 0 Å². The standard InChI is InChI=1S/C50H44N2/c1-33-15-11-16-34(2)49(33)51(47-25-13-21-39-19-7-9-23-43(39)47)45-29-27-41(31-37(45)5)42-28-30-46(38(6)32-42)52(50-35(3)17-12-18-36(50)4)48-26-14-22-40-20-8-10-24-44(40)48/h7-32H,1-6H3. The molecule has 0 aliphatic heterocycles. The first-order chi connectivity index (χ1) is 25.3. The topological polar surface area (TPSA) is 6.48 Å². The van der Waals surface area contributed by atoms with Crippen molar-refractivity contribution in [1.29, 1.82) is 0 Å². The van der Waals surface area contributed by atoms with Crippen LogP contribution >= 0.6 is 0 Å². The van der Waals surface area contributed by atoms with E-state index in [1.165, 1.54) is 100 Å². The molecule has 0 aromatic heterocycles. The Kier molecular flexibility index (Phi) is 8.61. The Morgan fingerprint density at radius 1 is 0.288 bits per heavy atom. The van der Waals surface area contributed by atoms with Gasteiger partial charge in [-0.1, -0.05) is 121 Å². The van der Waals surface area contributed by atoms with Crippen molar-refractivity contribution in [3.63, 3.8) is 0 Å². The second kappa shape index (κ2) is 13.5. The first kappa shape index (κ1) is 33.0. The molecule has 0 aliphatic rings. The third kappa shape index (κ3) is 5.81. The van der Waals surface area contributed by atoms with Crippen molar-refractivity contribution >= 4 is 55.7 Å². The van der Waals surface area contributed by atoms with Crippen molar-refractivity contribution in [3.05, 3.63) is 191 Å². The van der Waals surface area contributed by atoms with Gasteiger partial charge in [-0.25, -0.2) is 0 Å². The van der Waals surface area contributed by atoms with Crippen LogP contribution in [0.25, 0.3) is 32.7 Å². The van der Waals surface area contributed by atoms with Gasteiger partial charge in [0.2, 0.25) is 0 Å². The van der Waals surface area contributed by atoms with Gasteiger partial charge in [0, 0.05) is 22.1 Å². The van der Waals surface area contributed by atoms with Gasteiger partial charge in [0.25, 0.3) is 0 Å². The van der Waals surface area contributed by atoms with Crippen molar-refractivity contribution in [2.75, 3.05) is 9.80 Å². The molecule has 0 amide bonds. The van der Waals surface area contributed by atoms with Crippen LogP contribution in [-0.4, -0.2) is 0 Å². The van der Waals surface area contributed by atoms with Crippen molar-refractivity contribution < 1.29 is 0 Å². The fraction of sp³-hybridized carbons (Fsp3) is 0.120. The third-order valence-electron chi connectivity index (χ3n) is 10.5. The molecule has 2 nitrogen and oxygen atoms in total. The van der Waals surface area contributed by atoms with Crippen molar-refractivity contribution in [2.24, 2.45) is 0 Å². The van der Waals surface area contributed by atoms with Gasteiger partial charge in [-0.05, 0) is 133 Å². The molecule has 254 valence electrons. The number of anilines is 6. The molecule has 52 heavy (non-hydrogen) atoms. The van der Waals surface area contributed by atoms with E-state index in [2.05, 4.69) is 209 Å². The van der Waals surface area contributed by atoms with Gasteiger partial charge < -0.3 is 9.80 Å². The summed E-state index contributed by atoms with van der Waals surface area (Å²) in [4.78, 5) is 4.93. The van der Waals surface area contributed by atoms with Crippen molar-refractivity contribution in [1.82, 2.24) is 0 Å². The zero-order chi connectivity index (χ0) is 35.9. The van der Waals surface area contributed by atoms with E-state index in [1.54, 1.807) is 0 Å². The maximum Gasteiger partial charge on any atom is 0.0540 e. The Morgan fingerprint density at radius 3 is 1.02 bits per heavy atom. The molecule has 2 heteroatoms. The lowest BCUT2D eigenvalue weighted by Gasteiger charge is -2.31. The molecule has 8 aromatic carbocycles. The minimum Gasteiger partial charge on any atom is -0.309 e. The van der Waals surface area contributed by atoms with Crippen LogP contribution in [0.15, 0.2) is 158 Å². The maximum atomic E-state index is 2.47. The highest BCUT2D eigenvalue weighted by Gasteiger charge is 2.23. The number of fused-ring (bicyclic) bond motifs is 2. The summed E-state index contributed by atoms with van der Waals surface area (Å²) in [5.41, 5.74) is 17.1. The molecule has 0 saturated heterocycles. The molecule has 0 radical (unpaired) electrons. The minimum absolute atomic E-state index is 1.18. The molecule has 8 rings (SSSR count). The normalized spacial score (nSPS) is 11.3. The van der Waals surface area contributed by atoms with Crippen molar-refractivity contribution in [2.45, 2.75) is 41.5 Å². The van der Waals surface area contributed by atoms with Crippen LogP contribution in [0.5, 0.6) is 0 Å². The summed E-state index contributed by atoms with van der Waals surface area (Å²) < 4.78 is 0. The smallest absolute Gasteiger partial charge is 0.0540 e. The SMILES string of the molecule is Cc1cc(-c2ccc(N(c3c(C)cccc3C)c3cccc4ccccc34)c(C)c2)ccc1N(c1c(C)cccc1C)c1cccc2ccccc12. The summed E-state index contributed by atoms with van der Waals surface area (Å²) in [5.74, 6) is 0. The van der Waals surface area contributed by atoms with Crippen LogP contribution in [0.3, 0.4) is 0 Å². The number of para-hydroxylation sites is 2. The molecule has 0 bridgehead atoms. The van der Waals surface area contributed by atoms with E-state index in [0.717, 1.165) is 0 Å². The van der Waals surface area contributed by atoms with E-state index in [0.29, 0.717) is 0 Å². The average Bonchev–Trinajstić information content (AvgIpc) is 3.15. The van der Waals surface area contributed by atoms with Gasteiger partial charge in [-0.3, -0.25) is 0 Å². The van der Waals surface area contributed by atoms with Crippen LogP contribution < -0.4 is 9.80 Å². The van der Waals surface area contributed by atoms with Crippen molar-refractivity contribution in [3.8, 4) is 11.1 Å². The lowest BCUT2D eigenvalue weighted by atomic mass is 9.96. The van der Waals surface area contributed by atoms with Gasteiger partial charge in [0.05, 0.1) is 22.7 Å². The Balaban J connectivity index is 1.25. The first-order valence-electron chi connectivity index (χ1n) is 18.2. The van der Waals surface area contributed by atoms with E-state index >= 15 is 0 Å². The predicted molar refractivity (Wildman–Crippen MR) is 225 cm³/mol. The summed E-state index contributed by atoms with van der Waals surface area (Å²) >= 11 is 0. The highest BCUT2D eigenvalue weighted by molar-refractivity contribution is 6.01. The summed E-state index contributed by atoms with van der Waals surface area (Å²) in [6.07, 6.45) is 0. The zero-order valence-electron chi connectivity index (χ0n) is 30.9. The average molecular weight is 673 g/mol. The van der Waals surface area contributed by atoms with Crippen LogP contribution in [-0.2, 0) is 0 Å². The summed E-state index contributed by atoms with van der Waals surface area (Å²) in [6, 6.07) is 57.7. The lowest BCUT2D eigenvalue weighted by Crippen LogP contribution is -2.15. The molecule has 0 atom stereocenters. The Bertz CT molecular complexity index is 2380. The second-order valence-corrected chi connectivity index (χ2v) is 14.2. The highest BCUT2D eigenvalue weighted by atomic mass is 15.2. The van der Waals surface area contributed by atoms with Gasteiger partial charge in [-0.2, -0.15) is 0 Å². The van der Waals surface area contributed by atoms with Crippen LogP contribution in [0.4, 0.5) is 34.1 Å². The Morgan fingerprint density at radius 2 is 0.635 bits per heavy atom. The van der Waals surface area contributed by atoms with Crippen LogP contribution in [0.1, 0.15) is 33.4 Å². The molecule has 0 unspecified atom stereocenters. The fourth-order valence-electron chi connectivity index (χ4n) is 8.04. The number of aryl methyl sites for hydroxylation is 6. The molecule has 0 aliphatic carbocycles. The van der Waals surface area contributed by atoms with E-state index in [4.69, 9.17) is 0 Å². The quantitative estimate of drug-likeness (QED) is 0.166. The van der Waals surface area contributed by atoms with Gasteiger partial charge in [-0.15, -0.1) is 0 Å². The highest BCUT2D eigenvalue weighted by Crippen LogP contribution is 2.46. The van der Waals surface area contributed by atoms with Crippen LogP contribution in [0, 0.1) is 41.5 Å². The minimum atomic E-state index is 1.18. The predicted octanol–water partition coefficient (Wildman–Crippen LogP) is 14.5. The van der Waals surface area contributed by atoms with Gasteiger partial charge >= 0.3 is 0 Å². The Labute approximate surface area is 308 Å². The first-order valence-corrected chi connectivity index (χ1v) is 18.2. The number of rotatable bonds is 7. The molecular formula is C50H44N2. The molecule has 0 fully saturated rings. The molecule has 0 N–H and O–H groups in total. The van der Waals surface area contributed by atoms with Crippen LogP contribution in [0.2, 0.25) is 0 Å². The lowest BCUT2D eigenvalue weighted by molar-refractivity contribution is 1.20. The summed E-state index contributed by atoms with van der Waals surface area (Å²) in [7, 11) is 0. The number of benzene rings is 8. The number of hydrogen-bond acceptors (Lipinski definition) is 2. The molecule has 8 aromatic rings. The van der Waals surface area contributed by atoms with E-state index in [1.807, 2.05) is 0 Å². The molecule has 0 saturated carbocycles. The molecule has 0 heterocycles. The maximum absolute atomic E-state index is 2.47. The zero-order valence-corrected chi connectivity index (χ0v) is 30.9. The molecular weight excluding hydrogens is 629 g/mol. The largest absolute Gasteiger partial charge is 0.309 e. The summed E-state index contributed by atoms with van der Waals surface area (Å²) in [5, 5.41) is 4.95. The van der Waals surface area contributed by atoms with E-state index in [9.17, 15) is 0 Å². The monoisotopic (exact) mass is 672 g/mol. The van der Waals surface area contributed by atoms with E-state index < -0.39 is 0 Å². The Hall–Kier alpha value is -6.12. The summed E-state index contributed by atoms with van der Waals surface area (Å²) in [6.45, 7) is 13.4. The van der Waals surface area contributed by atoms with E-state index in [-0.39, 0.29) is 0 Å². The second-order valence-electron chi connectivity index (χ2n) is 14.2. The molecule has 0 spiro atoms.